The van der Waals surface area contributed by atoms with Crippen molar-refractivity contribution in [2.45, 2.75) is 6.92 Å². The highest BCUT2D eigenvalue weighted by Gasteiger charge is 2.27. The van der Waals surface area contributed by atoms with Gasteiger partial charge in [-0.05, 0) is 17.7 Å². The Labute approximate surface area is 158 Å². The fraction of sp³-hybridized carbons (Fsp3) is 0.111. The maximum atomic E-state index is 14.6. The summed E-state index contributed by atoms with van der Waals surface area (Å²) in [4.78, 5) is 0.315. The van der Waals surface area contributed by atoms with Crippen molar-refractivity contribution >= 4 is 23.2 Å². The van der Waals surface area contributed by atoms with E-state index in [2.05, 4.69) is 5.10 Å². The Morgan fingerprint density at radius 3 is 2.12 bits per heavy atom. The topological polar surface area (TPSA) is 49.1 Å². The largest absolute Gasteiger partial charge is 0.594 e. The lowest BCUT2D eigenvalue weighted by Gasteiger charge is -2.15. The van der Waals surface area contributed by atoms with Crippen LogP contribution in [0.1, 0.15) is 5.69 Å². The highest BCUT2D eigenvalue weighted by atomic mass is 35.5. The van der Waals surface area contributed by atoms with Crippen LogP contribution in [0.3, 0.4) is 0 Å². The lowest BCUT2D eigenvalue weighted by Crippen LogP contribution is -2.35. The summed E-state index contributed by atoms with van der Waals surface area (Å²) in [5.74, 6) is -1.75. The molecular weight excluding hydrogens is 385 g/mol. The van der Waals surface area contributed by atoms with Gasteiger partial charge in [-0.25, -0.2) is 8.78 Å². The van der Waals surface area contributed by atoms with Crippen molar-refractivity contribution in [2.24, 2.45) is 0 Å². The first-order chi connectivity index (χ1) is 12.3. The van der Waals surface area contributed by atoms with E-state index in [4.69, 9.17) is 27.9 Å². The third-order valence-corrected chi connectivity index (χ3v) is 4.43. The molecule has 26 heavy (non-hydrogen) atoms. The zero-order valence-corrected chi connectivity index (χ0v) is 15.2. The number of nitrogens with zero attached hydrogens (tertiary/aromatic N) is 2. The lowest BCUT2D eigenvalue weighted by atomic mass is 9.94. The zero-order chi connectivity index (χ0) is 19.0. The SMILES string of the molecule is COc1cc(F)c(-c2c(Cl)n[n+]([O-])c(C)c2-c2ccc(Cl)cc2)c(F)c1. The van der Waals surface area contributed by atoms with Gasteiger partial charge >= 0.3 is 0 Å². The molecule has 4 nitrogen and oxygen atoms in total. The van der Waals surface area contributed by atoms with Gasteiger partial charge < -0.3 is 9.94 Å². The molecule has 2 aromatic carbocycles. The van der Waals surface area contributed by atoms with E-state index in [1.165, 1.54) is 14.0 Å². The minimum atomic E-state index is -0.885. The molecule has 0 unspecified atom stereocenters. The molecule has 0 spiro atoms. The Balaban J connectivity index is 2.39. The van der Waals surface area contributed by atoms with Crippen molar-refractivity contribution in [3.05, 3.63) is 69.1 Å². The van der Waals surface area contributed by atoms with Gasteiger partial charge in [0.05, 0.1) is 18.2 Å². The molecule has 0 aliphatic rings. The van der Waals surface area contributed by atoms with Crippen LogP contribution in [-0.4, -0.2) is 12.2 Å². The van der Waals surface area contributed by atoms with Gasteiger partial charge in [-0.2, -0.15) is 0 Å². The molecule has 0 radical (unpaired) electrons. The smallest absolute Gasteiger partial charge is 0.227 e. The molecular formula is C18H12Cl2F2N2O2. The number of benzene rings is 2. The summed E-state index contributed by atoms with van der Waals surface area (Å²) in [6.45, 7) is 1.49. The van der Waals surface area contributed by atoms with Crippen LogP contribution in [0.25, 0.3) is 22.3 Å². The second kappa shape index (κ2) is 7.05. The number of ether oxygens (including phenoxy) is 1. The van der Waals surface area contributed by atoms with Crippen LogP contribution < -0.4 is 9.58 Å². The predicted molar refractivity (Wildman–Crippen MR) is 95.3 cm³/mol. The summed E-state index contributed by atoms with van der Waals surface area (Å²) < 4.78 is 34.2. The highest BCUT2D eigenvalue weighted by molar-refractivity contribution is 6.33. The summed E-state index contributed by atoms with van der Waals surface area (Å²) in [6.07, 6.45) is 0. The van der Waals surface area contributed by atoms with E-state index in [-0.39, 0.29) is 27.7 Å². The monoisotopic (exact) mass is 396 g/mol. The molecule has 0 saturated heterocycles. The van der Waals surface area contributed by atoms with Gasteiger partial charge in [0.25, 0.3) is 0 Å². The Morgan fingerprint density at radius 2 is 1.58 bits per heavy atom. The molecule has 8 heteroatoms. The Kier molecular flexibility index (Phi) is 4.98. The summed E-state index contributed by atoms with van der Waals surface area (Å²) in [5, 5.41) is 15.8. The first kappa shape index (κ1) is 18.4. The minimum Gasteiger partial charge on any atom is -0.594 e. The fourth-order valence-electron chi connectivity index (χ4n) is 2.69. The van der Waals surface area contributed by atoms with Crippen molar-refractivity contribution in [1.82, 2.24) is 5.10 Å². The normalized spacial score (nSPS) is 10.8. The number of aromatic nitrogens is 2. The molecule has 3 aromatic rings. The van der Waals surface area contributed by atoms with Crippen molar-refractivity contribution in [2.75, 3.05) is 7.11 Å². The molecule has 0 saturated carbocycles. The average molecular weight is 397 g/mol. The third kappa shape index (κ3) is 3.18. The van der Waals surface area contributed by atoms with Crippen LogP contribution in [0.15, 0.2) is 36.4 Å². The van der Waals surface area contributed by atoms with Crippen LogP contribution >= 0.6 is 23.2 Å². The van der Waals surface area contributed by atoms with Crippen molar-refractivity contribution in [3.8, 4) is 28.0 Å². The molecule has 0 bridgehead atoms. The minimum absolute atomic E-state index is 0.0174. The zero-order valence-electron chi connectivity index (χ0n) is 13.7. The third-order valence-electron chi connectivity index (χ3n) is 3.92. The van der Waals surface area contributed by atoms with Crippen LogP contribution in [0, 0.1) is 23.8 Å². The van der Waals surface area contributed by atoms with E-state index in [1.54, 1.807) is 24.3 Å². The van der Waals surface area contributed by atoms with Crippen molar-refractivity contribution < 1.29 is 18.4 Å². The predicted octanol–water partition coefficient (Wildman–Crippen LogP) is 4.95. The van der Waals surface area contributed by atoms with E-state index in [1.807, 2.05) is 0 Å². The second-order valence-electron chi connectivity index (χ2n) is 5.47. The molecule has 0 aliphatic carbocycles. The summed E-state index contributed by atoms with van der Waals surface area (Å²) in [5.41, 5.74) is 0.514. The molecule has 0 fully saturated rings. The average Bonchev–Trinajstić information content (AvgIpc) is 2.59. The lowest BCUT2D eigenvalue weighted by molar-refractivity contribution is -0.674. The van der Waals surface area contributed by atoms with Crippen LogP contribution in [0.4, 0.5) is 8.78 Å². The number of hydrogen-bond donors (Lipinski definition) is 0. The number of halogens is 4. The summed E-state index contributed by atoms with van der Waals surface area (Å²) in [7, 11) is 1.30. The second-order valence-corrected chi connectivity index (χ2v) is 6.27. The van der Waals surface area contributed by atoms with Gasteiger partial charge in [-0.1, -0.05) is 40.2 Å². The van der Waals surface area contributed by atoms with Gasteiger partial charge in [0.1, 0.15) is 17.4 Å². The van der Waals surface area contributed by atoms with Crippen molar-refractivity contribution in [3.63, 3.8) is 0 Å². The Hall–Kier alpha value is -2.44. The quantitative estimate of drug-likeness (QED) is 0.464. The number of rotatable bonds is 3. The number of methoxy groups -OCH3 is 1. The van der Waals surface area contributed by atoms with E-state index >= 15 is 0 Å². The Morgan fingerprint density at radius 1 is 1.00 bits per heavy atom. The summed E-state index contributed by atoms with van der Waals surface area (Å²) >= 11 is 12.0. The van der Waals surface area contributed by atoms with E-state index in [0.717, 1.165) is 12.1 Å². The molecule has 0 aliphatic heterocycles. The van der Waals surface area contributed by atoms with Gasteiger partial charge in [0.15, 0.2) is 0 Å². The molecule has 1 heterocycles. The van der Waals surface area contributed by atoms with E-state index in [0.29, 0.717) is 15.4 Å². The molecule has 1 aromatic heterocycles. The van der Waals surface area contributed by atoms with Crippen LogP contribution in [0.5, 0.6) is 5.75 Å². The molecule has 3 rings (SSSR count). The van der Waals surface area contributed by atoms with Gasteiger partial charge in [-0.15, -0.1) is 0 Å². The molecule has 0 N–H and O–H groups in total. The van der Waals surface area contributed by atoms with Gasteiger partial charge in [-0.3, -0.25) is 0 Å². The maximum absolute atomic E-state index is 14.6. The highest BCUT2D eigenvalue weighted by Crippen LogP contribution is 2.41. The van der Waals surface area contributed by atoms with E-state index in [9.17, 15) is 14.0 Å². The standard InChI is InChI=1S/C18H12Cl2F2N2O2/c1-9-15(10-3-5-11(19)6-4-10)17(18(20)23-24(9)25)16-13(21)7-12(26-2)8-14(16)22/h3-8H,1-2H3. The first-order valence-corrected chi connectivity index (χ1v) is 8.18. The number of hydrogen-bond acceptors (Lipinski definition) is 3. The maximum Gasteiger partial charge on any atom is 0.227 e. The molecule has 0 amide bonds. The first-order valence-electron chi connectivity index (χ1n) is 7.42. The molecule has 0 atom stereocenters. The van der Waals surface area contributed by atoms with Gasteiger partial charge in [0.2, 0.25) is 10.8 Å². The Bertz CT molecular complexity index is 972. The van der Waals surface area contributed by atoms with Crippen LogP contribution in [-0.2, 0) is 0 Å². The summed E-state index contributed by atoms with van der Waals surface area (Å²) in [6, 6.07) is 8.53. The van der Waals surface area contributed by atoms with E-state index < -0.39 is 17.2 Å². The molecule has 134 valence electrons. The van der Waals surface area contributed by atoms with Gasteiger partial charge in [0, 0.05) is 34.7 Å². The van der Waals surface area contributed by atoms with Crippen molar-refractivity contribution in [1.29, 1.82) is 0 Å². The van der Waals surface area contributed by atoms with Crippen LogP contribution in [0.2, 0.25) is 10.2 Å². The fourth-order valence-corrected chi connectivity index (χ4v) is 3.07.